The minimum atomic E-state index is -0.372. The van der Waals surface area contributed by atoms with Crippen LogP contribution in [0.3, 0.4) is 0 Å². The fourth-order valence-corrected chi connectivity index (χ4v) is 2.82. The van der Waals surface area contributed by atoms with Crippen molar-refractivity contribution in [1.29, 1.82) is 0 Å². The number of carbonyl (C=O) groups excluding carboxylic acids is 1. The Hall–Kier alpha value is -2.69. The van der Waals surface area contributed by atoms with E-state index in [1.165, 1.54) is 0 Å². The average molecular weight is 314 g/mol. The topological polar surface area (TPSA) is 54.0 Å². The van der Waals surface area contributed by atoms with Gasteiger partial charge in [0.15, 0.2) is 11.5 Å². The second-order valence-corrected chi connectivity index (χ2v) is 5.21. The predicted octanol–water partition coefficient (Wildman–Crippen LogP) is 3.17. The lowest BCUT2D eigenvalue weighted by Gasteiger charge is -2.26. The number of hydrogen-bond donors (Lipinski definition) is 0. The first-order chi connectivity index (χ1) is 11.2. The number of methoxy groups -OCH3 is 3. The van der Waals surface area contributed by atoms with Crippen LogP contribution < -0.4 is 14.2 Å². The molecule has 1 aliphatic heterocycles. The molecule has 0 saturated heterocycles. The molecule has 1 heterocycles. The lowest BCUT2D eigenvalue weighted by Crippen LogP contribution is -2.22. The van der Waals surface area contributed by atoms with Crippen molar-refractivity contribution in [2.45, 2.75) is 12.5 Å². The van der Waals surface area contributed by atoms with Crippen LogP contribution in [0.15, 0.2) is 36.4 Å². The van der Waals surface area contributed by atoms with Crippen LogP contribution in [-0.2, 0) is 11.2 Å². The lowest BCUT2D eigenvalue weighted by molar-refractivity contribution is 0.0247. The molecule has 0 unspecified atom stereocenters. The van der Waals surface area contributed by atoms with Crippen molar-refractivity contribution in [3.8, 4) is 17.2 Å². The average Bonchev–Trinajstić information content (AvgIpc) is 2.60. The zero-order valence-electron chi connectivity index (χ0n) is 13.3. The van der Waals surface area contributed by atoms with E-state index in [-0.39, 0.29) is 12.1 Å². The highest BCUT2D eigenvalue weighted by atomic mass is 16.5. The van der Waals surface area contributed by atoms with Crippen molar-refractivity contribution >= 4 is 5.97 Å². The SMILES string of the molecule is COc1ccc([C@H]2Cc3cccc(OC)c3C(=O)O2)cc1OC. The molecule has 1 atom stereocenters. The van der Waals surface area contributed by atoms with Crippen molar-refractivity contribution in [3.05, 3.63) is 53.1 Å². The van der Waals surface area contributed by atoms with E-state index in [1.807, 2.05) is 30.3 Å². The van der Waals surface area contributed by atoms with Gasteiger partial charge in [-0.05, 0) is 29.3 Å². The number of esters is 1. The van der Waals surface area contributed by atoms with Crippen LogP contribution in [0.4, 0.5) is 0 Å². The smallest absolute Gasteiger partial charge is 0.342 e. The fourth-order valence-electron chi connectivity index (χ4n) is 2.82. The molecule has 0 N–H and O–H groups in total. The van der Waals surface area contributed by atoms with Gasteiger partial charge in [0.1, 0.15) is 17.4 Å². The first-order valence-electron chi connectivity index (χ1n) is 7.26. The minimum absolute atomic E-state index is 0.359. The van der Waals surface area contributed by atoms with Crippen LogP contribution >= 0.6 is 0 Å². The molecular weight excluding hydrogens is 296 g/mol. The number of carbonyl (C=O) groups is 1. The summed E-state index contributed by atoms with van der Waals surface area (Å²) in [6, 6.07) is 11.1. The van der Waals surface area contributed by atoms with E-state index in [9.17, 15) is 4.79 Å². The highest BCUT2D eigenvalue weighted by Gasteiger charge is 2.30. The van der Waals surface area contributed by atoms with Crippen molar-refractivity contribution in [1.82, 2.24) is 0 Å². The zero-order valence-corrected chi connectivity index (χ0v) is 13.3. The van der Waals surface area contributed by atoms with E-state index < -0.39 is 0 Å². The quantitative estimate of drug-likeness (QED) is 0.811. The Morgan fingerprint density at radius 3 is 2.39 bits per heavy atom. The van der Waals surface area contributed by atoms with Gasteiger partial charge in [-0.25, -0.2) is 4.79 Å². The predicted molar refractivity (Wildman–Crippen MR) is 84.4 cm³/mol. The van der Waals surface area contributed by atoms with Crippen LogP contribution in [0.2, 0.25) is 0 Å². The molecule has 3 rings (SSSR count). The zero-order chi connectivity index (χ0) is 16.4. The van der Waals surface area contributed by atoms with Gasteiger partial charge in [0, 0.05) is 6.42 Å². The highest BCUT2D eigenvalue weighted by molar-refractivity contribution is 5.95. The van der Waals surface area contributed by atoms with E-state index in [0.29, 0.717) is 29.2 Å². The van der Waals surface area contributed by atoms with E-state index in [4.69, 9.17) is 18.9 Å². The van der Waals surface area contributed by atoms with Gasteiger partial charge in [-0.3, -0.25) is 0 Å². The van der Waals surface area contributed by atoms with Crippen LogP contribution in [0.1, 0.15) is 27.6 Å². The molecule has 0 bridgehead atoms. The van der Waals surface area contributed by atoms with Crippen LogP contribution in [0.25, 0.3) is 0 Å². The van der Waals surface area contributed by atoms with Gasteiger partial charge in [0.25, 0.3) is 0 Å². The van der Waals surface area contributed by atoms with Crippen LogP contribution in [0, 0.1) is 0 Å². The molecule has 23 heavy (non-hydrogen) atoms. The van der Waals surface area contributed by atoms with Gasteiger partial charge >= 0.3 is 5.97 Å². The molecule has 5 heteroatoms. The fraction of sp³-hybridized carbons (Fsp3) is 0.278. The van der Waals surface area contributed by atoms with Crippen LogP contribution in [0.5, 0.6) is 17.2 Å². The summed E-state index contributed by atoms with van der Waals surface area (Å²) in [5.41, 5.74) is 2.29. The number of fused-ring (bicyclic) bond motifs is 1. The van der Waals surface area contributed by atoms with E-state index >= 15 is 0 Å². The minimum Gasteiger partial charge on any atom is -0.496 e. The summed E-state index contributed by atoms with van der Waals surface area (Å²) in [5, 5.41) is 0. The molecular formula is C18H18O5. The largest absolute Gasteiger partial charge is 0.496 e. The summed E-state index contributed by atoms with van der Waals surface area (Å²) in [6.45, 7) is 0. The maximum Gasteiger partial charge on any atom is 0.342 e. The van der Waals surface area contributed by atoms with Gasteiger partial charge in [-0.1, -0.05) is 18.2 Å². The van der Waals surface area contributed by atoms with E-state index in [2.05, 4.69) is 0 Å². The maximum atomic E-state index is 12.4. The summed E-state index contributed by atoms with van der Waals surface area (Å²) < 4.78 is 21.4. The molecule has 0 amide bonds. The summed E-state index contributed by atoms with van der Waals surface area (Å²) in [4.78, 5) is 12.4. The third-order valence-corrected chi connectivity index (χ3v) is 3.97. The van der Waals surface area contributed by atoms with Gasteiger partial charge < -0.3 is 18.9 Å². The van der Waals surface area contributed by atoms with E-state index in [0.717, 1.165) is 11.1 Å². The number of benzene rings is 2. The van der Waals surface area contributed by atoms with Gasteiger partial charge in [0.05, 0.1) is 21.3 Å². The van der Waals surface area contributed by atoms with Gasteiger partial charge in [-0.15, -0.1) is 0 Å². The van der Waals surface area contributed by atoms with Crippen LogP contribution in [-0.4, -0.2) is 27.3 Å². The van der Waals surface area contributed by atoms with Crippen molar-refractivity contribution in [2.24, 2.45) is 0 Å². The molecule has 0 spiro atoms. The summed E-state index contributed by atoms with van der Waals surface area (Å²) in [7, 11) is 4.71. The first-order valence-corrected chi connectivity index (χ1v) is 7.26. The number of rotatable bonds is 4. The molecule has 0 aliphatic carbocycles. The number of cyclic esters (lactones) is 1. The van der Waals surface area contributed by atoms with Crippen molar-refractivity contribution in [2.75, 3.05) is 21.3 Å². The molecule has 0 fully saturated rings. The molecule has 2 aromatic rings. The molecule has 0 saturated carbocycles. The Bertz CT molecular complexity index is 738. The lowest BCUT2D eigenvalue weighted by atomic mass is 9.94. The third kappa shape index (κ3) is 2.70. The summed E-state index contributed by atoms with van der Waals surface area (Å²) in [5.74, 6) is 1.42. The maximum absolute atomic E-state index is 12.4. The van der Waals surface area contributed by atoms with E-state index in [1.54, 1.807) is 27.4 Å². The van der Waals surface area contributed by atoms with Crippen molar-refractivity contribution < 1.29 is 23.7 Å². The molecule has 5 nitrogen and oxygen atoms in total. The Labute approximate surface area is 134 Å². The Morgan fingerprint density at radius 1 is 0.957 bits per heavy atom. The summed E-state index contributed by atoms with van der Waals surface area (Å²) in [6.07, 6.45) is 0.232. The monoisotopic (exact) mass is 314 g/mol. The summed E-state index contributed by atoms with van der Waals surface area (Å²) >= 11 is 0. The highest BCUT2D eigenvalue weighted by Crippen LogP contribution is 2.37. The standard InChI is InChI=1S/C18H18O5/c1-20-13-8-7-11(9-16(13)22-3)15-10-12-5-4-6-14(21-2)17(12)18(19)23-15/h4-9,15H,10H2,1-3H3/t15-/m1/s1. The molecule has 2 aromatic carbocycles. The van der Waals surface area contributed by atoms with Gasteiger partial charge in [0.2, 0.25) is 0 Å². The molecule has 1 aliphatic rings. The van der Waals surface area contributed by atoms with Gasteiger partial charge in [-0.2, -0.15) is 0 Å². The molecule has 0 aromatic heterocycles. The first kappa shape index (κ1) is 15.2. The second-order valence-electron chi connectivity index (χ2n) is 5.21. The molecule has 120 valence electrons. The Kier molecular flexibility index (Phi) is 4.10. The number of hydrogen-bond acceptors (Lipinski definition) is 5. The Balaban J connectivity index is 1.96. The third-order valence-electron chi connectivity index (χ3n) is 3.97. The normalized spacial score (nSPS) is 16.3. The molecule has 0 radical (unpaired) electrons. The number of ether oxygens (including phenoxy) is 4. The second kappa shape index (κ2) is 6.20. The Morgan fingerprint density at radius 2 is 1.70 bits per heavy atom. The van der Waals surface area contributed by atoms with Crippen molar-refractivity contribution in [3.63, 3.8) is 0 Å².